The lowest BCUT2D eigenvalue weighted by Crippen LogP contribution is -2.34. The van der Waals surface area contributed by atoms with Crippen LogP contribution in [0.3, 0.4) is 0 Å². The highest BCUT2D eigenvalue weighted by molar-refractivity contribution is 5.93. The van der Waals surface area contributed by atoms with E-state index in [9.17, 15) is 14.7 Å². The van der Waals surface area contributed by atoms with E-state index in [2.05, 4.69) is 10.3 Å². The van der Waals surface area contributed by atoms with E-state index in [1.165, 1.54) is 4.68 Å². The third kappa shape index (κ3) is 3.56. The molecule has 0 radical (unpaired) electrons. The molecule has 2 aromatic rings. The zero-order valence-electron chi connectivity index (χ0n) is 13.4. The van der Waals surface area contributed by atoms with Gasteiger partial charge < -0.3 is 10.0 Å². The molecule has 0 aliphatic heterocycles. The summed E-state index contributed by atoms with van der Waals surface area (Å²) in [6.07, 6.45) is 0. The number of hydrogen-bond donors (Lipinski definition) is 1. The molecule has 0 fully saturated rings. The standard InChI is InChI=1S/C16H20N4O3/c1-4-19(12-8-6-5-7-9-12)13(21)10-20-15(11(2)3)14(16(22)23)17-18-20/h5-9,11H,4,10H2,1-3H3,(H,22,23). The number of amides is 1. The predicted octanol–water partition coefficient (Wildman–Crippen LogP) is 2.15. The van der Waals surface area contributed by atoms with Crippen LogP contribution in [0.25, 0.3) is 0 Å². The van der Waals surface area contributed by atoms with Crippen molar-refractivity contribution in [3.63, 3.8) is 0 Å². The molecule has 23 heavy (non-hydrogen) atoms. The van der Waals surface area contributed by atoms with Gasteiger partial charge in [-0.25, -0.2) is 9.48 Å². The van der Waals surface area contributed by atoms with E-state index in [0.29, 0.717) is 12.2 Å². The van der Waals surface area contributed by atoms with Crippen molar-refractivity contribution in [3.05, 3.63) is 41.7 Å². The molecule has 0 bridgehead atoms. The zero-order valence-corrected chi connectivity index (χ0v) is 13.4. The molecule has 0 unspecified atom stereocenters. The highest BCUT2D eigenvalue weighted by Gasteiger charge is 2.24. The number of benzene rings is 1. The van der Waals surface area contributed by atoms with Gasteiger partial charge in [0.25, 0.3) is 0 Å². The van der Waals surface area contributed by atoms with Gasteiger partial charge in [-0.1, -0.05) is 37.3 Å². The molecule has 7 heteroatoms. The number of likely N-dealkylation sites (N-methyl/N-ethyl adjacent to an activating group) is 1. The fourth-order valence-electron chi connectivity index (χ4n) is 2.49. The zero-order chi connectivity index (χ0) is 17.0. The van der Waals surface area contributed by atoms with Gasteiger partial charge in [-0.3, -0.25) is 4.79 Å². The summed E-state index contributed by atoms with van der Waals surface area (Å²) >= 11 is 0. The number of para-hydroxylation sites is 1. The average Bonchev–Trinajstić information content (AvgIpc) is 2.93. The second-order valence-corrected chi connectivity index (χ2v) is 5.41. The number of carboxylic acids is 1. The maximum atomic E-state index is 12.6. The largest absolute Gasteiger partial charge is 0.476 e. The van der Waals surface area contributed by atoms with Crippen LogP contribution in [0.5, 0.6) is 0 Å². The normalized spacial score (nSPS) is 10.8. The highest BCUT2D eigenvalue weighted by atomic mass is 16.4. The fraction of sp³-hybridized carbons (Fsp3) is 0.375. The van der Waals surface area contributed by atoms with Crippen LogP contribution in [0.1, 0.15) is 42.9 Å². The Labute approximate surface area is 134 Å². The van der Waals surface area contributed by atoms with E-state index < -0.39 is 5.97 Å². The Hall–Kier alpha value is -2.70. The molecule has 0 spiro atoms. The molecule has 7 nitrogen and oxygen atoms in total. The molecule has 1 heterocycles. The van der Waals surface area contributed by atoms with E-state index in [0.717, 1.165) is 5.69 Å². The summed E-state index contributed by atoms with van der Waals surface area (Å²) < 4.78 is 1.38. The maximum absolute atomic E-state index is 12.6. The van der Waals surface area contributed by atoms with Gasteiger partial charge in [0, 0.05) is 12.2 Å². The highest BCUT2D eigenvalue weighted by Crippen LogP contribution is 2.19. The van der Waals surface area contributed by atoms with E-state index in [-0.39, 0.29) is 24.1 Å². The first-order valence-corrected chi connectivity index (χ1v) is 7.47. The SMILES string of the molecule is CCN(C(=O)Cn1nnc(C(=O)O)c1C(C)C)c1ccccc1. The molecular formula is C16H20N4O3. The summed E-state index contributed by atoms with van der Waals surface area (Å²) in [5, 5.41) is 16.7. The fourth-order valence-corrected chi connectivity index (χ4v) is 2.49. The van der Waals surface area contributed by atoms with Crippen molar-refractivity contribution in [3.8, 4) is 0 Å². The number of hydrogen-bond acceptors (Lipinski definition) is 4. The molecule has 0 aliphatic carbocycles. The van der Waals surface area contributed by atoms with Crippen LogP contribution in [0.2, 0.25) is 0 Å². The lowest BCUT2D eigenvalue weighted by molar-refractivity contribution is -0.119. The number of carbonyl (C=O) groups excluding carboxylic acids is 1. The quantitative estimate of drug-likeness (QED) is 0.882. The van der Waals surface area contributed by atoms with Gasteiger partial charge in [-0.2, -0.15) is 0 Å². The van der Waals surface area contributed by atoms with Crippen LogP contribution in [0, 0.1) is 0 Å². The smallest absolute Gasteiger partial charge is 0.358 e. The van der Waals surface area contributed by atoms with Crippen molar-refractivity contribution in [1.82, 2.24) is 15.0 Å². The number of rotatable bonds is 6. The molecule has 0 atom stereocenters. The molecule has 1 amide bonds. The van der Waals surface area contributed by atoms with Gasteiger partial charge in [0.15, 0.2) is 5.69 Å². The Morgan fingerprint density at radius 3 is 2.43 bits per heavy atom. The minimum absolute atomic E-state index is 0.0451. The number of aromatic carboxylic acids is 1. The molecular weight excluding hydrogens is 296 g/mol. The summed E-state index contributed by atoms with van der Waals surface area (Å²) in [7, 11) is 0. The summed E-state index contributed by atoms with van der Waals surface area (Å²) in [6.45, 7) is 6.05. The average molecular weight is 316 g/mol. The molecule has 1 aromatic carbocycles. The Balaban J connectivity index is 2.28. The summed E-state index contributed by atoms with van der Waals surface area (Å²) in [5.74, 6) is -1.40. The van der Waals surface area contributed by atoms with Gasteiger partial charge >= 0.3 is 5.97 Å². The minimum atomic E-state index is -1.14. The van der Waals surface area contributed by atoms with Crippen molar-refractivity contribution in [1.29, 1.82) is 0 Å². The Kier molecular flexibility index (Phi) is 5.10. The van der Waals surface area contributed by atoms with Gasteiger partial charge in [0.2, 0.25) is 5.91 Å². The number of carboxylic acid groups (broad SMARTS) is 1. The molecule has 1 aromatic heterocycles. The van der Waals surface area contributed by atoms with Gasteiger partial charge in [-0.05, 0) is 25.0 Å². The van der Waals surface area contributed by atoms with E-state index in [1.807, 2.05) is 51.1 Å². The molecule has 0 aliphatic rings. The summed E-state index contributed by atoms with van der Waals surface area (Å²) in [4.78, 5) is 25.4. The Morgan fingerprint density at radius 2 is 1.91 bits per heavy atom. The minimum Gasteiger partial charge on any atom is -0.476 e. The van der Waals surface area contributed by atoms with E-state index >= 15 is 0 Å². The monoisotopic (exact) mass is 316 g/mol. The van der Waals surface area contributed by atoms with E-state index in [4.69, 9.17) is 0 Å². The molecule has 1 N–H and O–H groups in total. The van der Waals surface area contributed by atoms with Gasteiger partial charge in [0.1, 0.15) is 6.54 Å². The summed E-state index contributed by atoms with van der Waals surface area (Å²) in [6, 6.07) is 9.32. The third-order valence-corrected chi connectivity index (χ3v) is 3.49. The molecule has 0 saturated carbocycles. The van der Waals surface area contributed by atoms with Crippen molar-refractivity contribution in [2.24, 2.45) is 0 Å². The lowest BCUT2D eigenvalue weighted by Gasteiger charge is -2.21. The van der Waals surface area contributed by atoms with E-state index in [1.54, 1.807) is 4.90 Å². The van der Waals surface area contributed by atoms with Crippen LogP contribution >= 0.6 is 0 Å². The Morgan fingerprint density at radius 1 is 1.26 bits per heavy atom. The number of anilines is 1. The van der Waals surface area contributed by atoms with Gasteiger partial charge in [-0.15, -0.1) is 5.10 Å². The van der Waals surface area contributed by atoms with Crippen LogP contribution in [0.15, 0.2) is 30.3 Å². The summed E-state index contributed by atoms with van der Waals surface area (Å²) in [5.41, 5.74) is 1.15. The van der Waals surface area contributed by atoms with Crippen LogP contribution in [0.4, 0.5) is 5.69 Å². The number of aromatic nitrogens is 3. The second-order valence-electron chi connectivity index (χ2n) is 5.41. The second kappa shape index (κ2) is 7.04. The first-order chi connectivity index (χ1) is 11.0. The molecule has 0 saturated heterocycles. The number of carbonyl (C=O) groups is 2. The predicted molar refractivity (Wildman–Crippen MR) is 85.5 cm³/mol. The van der Waals surface area contributed by atoms with Crippen molar-refractivity contribution >= 4 is 17.6 Å². The molecule has 2 rings (SSSR count). The van der Waals surface area contributed by atoms with Crippen molar-refractivity contribution < 1.29 is 14.7 Å². The van der Waals surface area contributed by atoms with Crippen LogP contribution < -0.4 is 4.90 Å². The first-order valence-electron chi connectivity index (χ1n) is 7.47. The topological polar surface area (TPSA) is 88.3 Å². The van der Waals surface area contributed by atoms with Crippen LogP contribution in [-0.2, 0) is 11.3 Å². The molecule has 122 valence electrons. The number of nitrogens with zero attached hydrogens (tertiary/aromatic N) is 4. The van der Waals surface area contributed by atoms with Crippen molar-refractivity contribution in [2.75, 3.05) is 11.4 Å². The van der Waals surface area contributed by atoms with Gasteiger partial charge in [0.05, 0.1) is 5.69 Å². The maximum Gasteiger partial charge on any atom is 0.358 e. The first kappa shape index (κ1) is 16.7. The van der Waals surface area contributed by atoms with Crippen molar-refractivity contribution in [2.45, 2.75) is 33.2 Å². The van der Waals surface area contributed by atoms with Crippen LogP contribution in [-0.4, -0.2) is 38.5 Å². The third-order valence-electron chi connectivity index (χ3n) is 3.49. The Bertz CT molecular complexity index is 695. The lowest BCUT2D eigenvalue weighted by atomic mass is 10.1.